The molecule has 4 aromatic rings. The third kappa shape index (κ3) is 3.02. The van der Waals surface area contributed by atoms with E-state index in [-0.39, 0.29) is 22.5 Å². The minimum atomic E-state index is -2.96. The number of halogens is 2. The molecular formula is C17H11F2N5O2. The first-order valence-electron chi connectivity index (χ1n) is 7.55. The van der Waals surface area contributed by atoms with Gasteiger partial charge in [-0.1, -0.05) is 0 Å². The molecular weight excluding hydrogens is 344 g/mol. The van der Waals surface area contributed by atoms with Crippen LogP contribution in [-0.2, 0) is 0 Å². The Morgan fingerprint density at radius 1 is 1.15 bits per heavy atom. The summed E-state index contributed by atoms with van der Waals surface area (Å²) in [5.74, 6) is 0.139. The van der Waals surface area contributed by atoms with Gasteiger partial charge in [0.25, 0.3) is 5.56 Å². The van der Waals surface area contributed by atoms with Gasteiger partial charge >= 0.3 is 6.61 Å². The van der Waals surface area contributed by atoms with E-state index in [0.717, 1.165) is 5.69 Å². The number of nitrogens with one attached hydrogen (secondary N) is 1. The highest BCUT2D eigenvalue weighted by molar-refractivity contribution is 5.80. The summed E-state index contributed by atoms with van der Waals surface area (Å²) in [5, 5.41) is 4.40. The van der Waals surface area contributed by atoms with Gasteiger partial charge in [0.1, 0.15) is 11.4 Å². The SMILES string of the molecule is O=c1[nH]c(-c2cc(-n3cccn3)ccn2)nc2cc(OC(F)F)ccc12. The number of hydrogen-bond acceptors (Lipinski definition) is 5. The van der Waals surface area contributed by atoms with Gasteiger partial charge in [-0.3, -0.25) is 9.78 Å². The summed E-state index contributed by atoms with van der Waals surface area (Å²) in [7, 11) is 0. The van der Waals surface area contributed by atoms with Crippen molar-refractivity contribution in [1.82, 2.24) is 24.7 Å². The molecule has 7 nitrogen and oxygen atoms in total. The van der Waals surface area contributed by atoms with Crippen LogP contribution in [0.4, 0.5) is 8.78 Å². The average molecular weight is 355 g/mol. The molecule has 0 unspecified atom stereocenters. The molecule has 0 amide bonds. The summed E-state index contributed by atoms with van der Waals surface area (Å²) in [4.78, 5) is 23.5. The Hall–Kier alpha value is -3.62. The summed E-state index contributed by atoms with van der Waals surface area (Å²) in [6.45, 7) is -2.96. The highest BCUT2D eigenvalue weighted by Crippen LogP contribution is 2.21. The Kier molecular flexibility index (Phi) is 3.88. The number of fused-ring (bicyclic) bond motifs is 1. The van der Waals surface area contributed by atoms with Gasteiger partial charge in [0.15, 0.2) is 5.82 Å². The van der Waals surface area contributed by atoms with Crippen LogP contribution in [0, 0.1) is 0 Å². The van der Waals surface area contributed by atoms with Gasteiger partial charge in [-0.25, -0.2) is 9.67 Å². The Morgan fingerprint density at radius 2 is 2.04 bits per heavy atom. The van der Waals surface area contributed by atoms with Crippen molar-refractivity contribution >= 4 is 10.9 Å². The molecule has 0 saturated carbocycles. The quantitative estimate of drug-likeness (QED) is 0.608. The molecule has 0 atom stereocenters. The van der Waals surface area contributed by atoms with Crippen LogP contribution < -0.4 is 10.3 Å². The van der Waals surface area contributed by atoms with E-state index in [1.54, 1.807) is 41.5 Å². The maximum absolute atomic E-state index is 12.4. The number of aromatic amines is 1. The standard InChI is InChI=1S/C17H11F2N5O2/c18-17(19)26-11-2-3-12-13(9-11)22-15(23-16(12)25)14-8-10(4-6-20-14)24-7-1-5-21-24/h1-9,17H,(H,22,23,25). The number of aromatic nitrogens is 5. The van der Waals surface area contributed by atoms with E-state index >= 15 is 0 Å². The van der Waals surface area contributed by atoms with Crippen LogP contribution in [0.1, 0.15) is 0 Å². The van der Waals surface area contributed by atoms with Crippen molar-refractivity contribution in [2.45, 2.75) is 6.61 Å². The summed E-state index contributed by atoms with van der Waals surface area (Å²) in [5.41, 5.74) is 0.975. The molecule has 4 rings (SSSR count). The summed E-state index contributed by atoms with van der Waals surface area (Å²) < 4.78 is 30.8. The molecule has 0 aliphatic carbocycles. The van der Waals surface area contributed by atoms with Crippen LogP contribution in [0.2, 0.25) is 0 Å². The molecule has 0 aliphatic rings. The van der Waals surface area contributed by atoms with Gasteiger partial charge in [0.05, 0.1) is 16.6 Å². The molecule has 26 heavy (non-hydrogen) atoms. The molecule has 3 heterocycles. The van der Waals surface area contributed by atoms with Crippen molar-refractivity contribution in [3.63, 3.8) is 0 Å². The highest BCUT2D eigenvalue weighted by Gasteiger charge is 2.11. The van der Waals surface area contributed by atoms with Crippen LogP contribution in [0.5, 0.6) is 5.75 Å². The zero-order chi connectivity index (χ0) is 18.1. The van der Waals surface area contributed by atoms with E-state index in [1.165, 1.54) is 18.2 Å². The summed E-state index contributed by atoms with van der Waals surface area (Å²) in [6, 6.07) is 9.21. The molecule has 0 spiro atoms. The second-order valence-corrected chi connectivity index (χ2v) is 5.32. The van der Waals surface area contributed by atoms with Crippen molar-refractivity contribution in [3.8, 4) is 23.0 Å². The van der Waals surface area contributed by atoms with Crippen LogP contribution >= 0.6 is 0 Å². The molecule has 0 fully saturated rings. The Balaban J connectivity index is 1.81. The first kappa shape index (κ1) is 15.9. The van der Waals surface area contributed by atoms with Crippen molar-refractivity contribution in [2.24, 2.45) is 0 Å². The maximum Gasteiger partial charge on any atom is 0.387 e. The molecule has 9 heteroatoms. The van der Waals surface area contributed by atoms with Crippen LogP contribution in [0.15, 0.2) is 59.8 Å². The van der Waals surface area contributed by atoms with Gasteiger partial charge in [-0.05, 0) is 30.3 Å². The number of hydrogen-bond donors (Lipinski definition) is 1. The topological polar surface area (TPSA) is 85.7 Å². The fraction of sp³-hybridized carbons (Fsp3) is 0.0588. The van der Waals surface area contributed by atoms with Gasteiger partial charge < -0.3 is 9.72 Å². The molecule has 0 radical (unpaired) electrons. The van der Waals surface area contributed by atoms with Crippen LogP contribution in [-0.4, -0.2) is 31.3 Å². The second kappa shape index (κ2) is 6.36. The average Bonchev–Trinajstić information content (AvgIpc) is 3.16. The van der Waals surface area contributed by atoms with Crippen LogP contribution in [0.25, 0.3) is 28.1 Å². The number of alkyl halides is 2. The number of rotatable bonds is 4. The number of benzene rings is 1. The van der Waals surface area contributed by atoms with Crippen molar-refractivity contribution in [2.75, 3.05) is 0 Å². The van der Waals surface area contributed by atoms with E-state index in [4.69, 9.17) is 0 Å². The fourth-order valence-corrected chi connectivity index (χ4v) is 2.53. The zero-order valence-electron chi connectivity index (χ0n) is 13.1. The van der Waals surface area contributed by atoms with Gasteiger partial charge in [0.2, 0.25) is 0 Å². The molecule has 0 bridgehead atoms. The predicted molar refractivity (Wildman–Crippen MR) is 89.3 cm³/mol. The van der Waals surface area contributed by atoms with Crippen molar-refractivity contribution in [3.05, 3.63) is 65.3 Å². The van der Waals surface area contributed by atoms with Crippen molar-refractivity contribution < 1.29 is 13.5 Å². The smallest absolute Gasteiger partial charge is 0.387 e. The Bertz CT molecular complexity index is 1130. The van der Waals surface area contributed by atoms with Crippen molar-refractivity contribution in [1.29, 1.82) is 0 Å². The van der Waals surface area contributed by atoms with E-state index in [0.29, 0.717) is 5.69 Å². The number of H-pyrrole nitrogens is 1. The van der Waals surface area contributed by atoms with Gasteiger partial charge in [-0.2, -0.15) is 13.9 Å². The predicted octanol–water partition coefficient (Wildman–Crippen LogP) is 2.77. The van der Waals surface area contributed by atoms with E-state index < -0.39 is 12.2 Å². The first-order valence-corrected chi connectivity index (χ1v) is 7.55. The summed E-state index contributed by atoms with van der Waals surface area (Å²) >= 11 is 0. The molecule has 130 valence electrons. The zero-order valence-corrected chi connectivity index (χ0v) is 13.1. The molecule has 0 aliphatic heterocycles. The Labute approximate surface area is 144 Å². The van der Waals surface area contributed by atoms with E-state index in [9.17, 15) is 13.6 Å². The highest BCUT2D eigenvalue weighted by atomic mass is 19.3. The number of nitrogens with zero attached hydrogens (tertiary/aromatic N) is 4. The monoisotopic (exact) mass is 355 g/mol. The number of pyridine rings is 1. The number of ether oxygens (including phenoxy) is 1. The lowest BCUT2D eigenvalue weighted by Gasteiger charge is -2.07. The maximum atomic E-state index is 12.4. The van der Waals surface area contributed by atoms with Crippen LogP contribution in [0.3, 0.4) is 0 Å². The molecule has 1 aromatic carbocycles. The van der Waals surface area contributed by atoms with Gasteiger partial charge in [-0.15, -0.1) is 0 Å². The lowest BCUT2D eigenvalue weighted by molar-refractivity contribution is -0.0497. The summed E-state index contributed by atoms with van der Waals surface area (Å²) in [6.07, 6.45) is 4.97. The third-order valence-corrected chi connectivity index (χ3v) is 3.66. The fourth-order valence-electron chi connectivity index (χ4n) is 2.53. The Morgan fingerprint density at radius 3 is 2.81 bits per heavy atom. The third-order valence-electron chi connectivity index (χ3n) is 3.66. The second-order valence-electron chi connectivity index (χ2n) is 5.32. The van der Waals surface area contributed by atoms with E-state index in [2.05, 4.69) is 24.8 Å². The lowest BCUT2D eigenvalue weighted by Crippen LogP contribution is -2.11. The minimum absolute atomic E-state index is 0.0743. The normalized spacial score (nSPS) is 11.2. The molecule has 0 saturated heterocycles. The first-order chi connectivity index (χ1) is 12.6. The molecule has 1 N–H and O–H groups in total. The van der Waals surface area contributed by atoms with E-state index in [1.807, 2.05) is 0 Å². The largest absolute Gasteiger partial charge is 0.435 e. The minimum Gasteiger partial charge on any atom is -0.435 e. The lowest BCUT2D eigenvalue weighted by atomic mass is 10.2. The molecule has 3 aromatic heterocycles. The van der Waals surface area contributed by atoms with Gasteiger partial charge in [0, 0.05) is 24.7 Å².